The summed E-state index contributed by atoms with van der Waals surface area (Å²) in [5, 5.41) is 8.64. The molecule has 0 heterocycles. The van der Waals surface area contributed by atoms with Crippen molar-refractivity contribution in [1.29, 1.82) is 0 Å². The predicted octanol–water partition coefficient (Wildman–Crippen LogP) is 3.05. The predicted molar refractivity (Wildman–Crippen MR) is 87.6 cm³/mol. The molecule has 0 saturated heterocycles. The van der Waals surface area contributed by atoms with Crippen LogP contribution in [0.5, 0.6) is 0 Å². The van der Waals surface area contributed by atoms with Gasteiger partial charge < -0.3 is 16.0 Å². The molecule has 1 atom stereocenters. The Balaban J connectivity index is 1.83. The summed E-state index contributed by atoms with van der Waals surface area (Å²) in [5.41, 5.74) is 1.81. The van der Waals surface area contributed by atoms with Gasteiger partial charge in [0.25, 0.3) is 0 Å². The first kappa shape index (κ1) is 16.3. The minimum absolute atomic E-state index is 0.0830. The zero-order chi connectivity index (χ0) is 16.1. The van der Waals surface area contributed by atoms with Crippen LogP contribution >= 0.6 is 0 Å². The SMILES string of the molecule is CC(C)CNC(=O)N[C@H](C)c1ccc(NC(=O)C2CC2)cc1. The summed E-state index contributed by atoms with van der Waals surface area (Å²) in [6, 6.07) is 7.36. The molecule has 0 bridgehead atoms. The molecule has 1 aromatic rings. The summed E-state index contributed by atoms with van der Waals surface area (Å²) >= 11 is 0. The fraction of sp³-hybridized carbons (Fsp3) is 0.529. The van der Waals surface area contributed by atoms with E-state index in [4.69, 9.17) is 0 Å². The van der Waals surface area contributed by atoms with Gasteiger partial charge in [0.1, 0.15) is 0 Å². The van der Waals surface area contributed by atoms with Gasteiger partial charge >= 0.3 is 6.03 Å². The molecule has 1 saturated carbocycles. The average Bonchev–Trinajstić information content (AvgIpc) is 3.30. The highest BCUT2D eigenvalue weighted by molar-refractivity contribution is 5.94. The molecule has 3 amide bonds. The van der Waals surface area contributed by atoms with Crippen molar-refractivity contribution >= 4 is 17.6 Å². The summed E-state index contributed by atoms with van der Waals surface area (Å²) in [6.45, 7) is 6.70. The van der Waals surface area contributed by atoms with Crippen LogP contribution in [0.25, 0.3) is 0 Å². The summed E-state index contributed by atoms with van der Waals surface area (Å²) < 4.78 is 0. The van der Waals surface area contributed by atoms with Crippen molar-refractivity contribution < 1.29 is 9.59 Å². The standard InChI is InChI=1S/C17H25N3O2/c1-11(2)10-18-17(22)19-12(3)13-6-8-15(9-7-13)20-16(21)14-4-5-14/h6-9,11-12,14H,4-5,10H2,1-3H3,(H,20,21)(H2,18,19,22)/t12-/m1/s1. The lowest BCUT2D eigenvalue weighted by Crippen LogP contribution is -2.38. The van der Waals surface area contributed by atoms with Crippen LogP contribution in [0.1, 0.15) is 45.2 Å². The van der Waals surface area contributed by atoms with Crippen LogP contribution in [0.2, 0.25) is 0 Å². The summed E-state index contributed by atoms with van der Waals surface area (Å²) in [5.74, 6) is 0.729. The van der Waals surface area contributed by atoms with E-state index in [1.165, 1.54) is 0 Å². The second-order valence-corrected chi connectivity index (χ2v) is 6.36. The maximum Gasteiger partial charge on any atom is 0.315 e. The molecule has 5 nitrogen and oxygen atoms in total. The summed E-state index contributed by atoms with van der Waals surface area (Å²) in [6.07, 6.45) is 1.99. The van der Waals surface area contributed by atoms with Gasteiger partial charge in [0.05, 0.1) is 6.04 Å². The summed E-state index contributed by atoms with van der Waals surface area (Å²) in [7, 11) is 0. The number of benzene rings is 1. The van der Waals surface area contributed by atoms with Crippen molar-refractivity contribution in [1.82, 2.24) is 10.6 Å². The highest BCUT2D eigenvalue weighted by Crippen LogP contribution is 2.30. The molecule has 5 heteroatoms. The molecule has 0 aliphatic heterocycles. The van der Waals surface area contributed by atoms with Crippen LogP contribution in [0.15, 0.2) is 24.3 Å². The second-order valence-electron chi connectivity index (χ2n) is 6.36. The molecule has 2 rings (SSSR count). The van der Waals surface area contributed by atoms with Crippen LogP contribution in [-0.2, 0) is 4.79 Å². The quantitative estimate of drug-likeness (QED) is 0.756. The van der Waals surface area contributed by atoms with E-state index in [2.05, 4.69) is 29.8 Å². The zero-order valence-corrected chi connectivity index (χ0v) is 13.5. The van der Waals surface area contributed by atoms with Gasteiger partial charge in [-0.3, -0.25) is 4.79 Å². The third-order valence-electron chi connectivity index (χ3n) is 3.64. The Hall–Kier alpha value is -2.04. The first-order chi connectivity index (χ1) is 10.5. The smallest absolute Gasteiger partial charge is 0.315 e. The first-order valence-corrected chi connectivity index (χ1v) is 7.91. The lowest BCUT2D eigenvalue weighted by Gasteiger charge is -2.16. The molecule has 1 aliphatic carbocycles. The molecule has 22 heavy (non-hydrogen) atoms. The summed E-state index contributed by atoms with van der Waals surface area (Å²) in [4.78, 5) is 23.4. The fourth-order valence-corrected chi connectivity index (χ4v) is 2.07. The molecule has 0 unspecified atom stereocenters. The Morgan fingerprint density at radius 2 is 1.77 bits per heavy atom. The first-order valence-electron chi connectivity index (χ1n) is 7.91. The van der Waals surface area contributed by atoms with E-state index < -0.39 is 0 Å². The number of amides is 3. The van der Waals surface area contributed by atoms with Gasteiger partial charge in [0.15, 0.2) is 0 Å². The Bertz CT molecular complexity index is 521. The third kappa shape index (κ3) is 5.06. The number of carbonyl (C=O) groups excluding carboxylic acids is 2. The molecule has 1 fully saturated rings. The maximum absolute atomic E-state index is 11.7. The maximum atomic E-state index is 11.7. The van der Waals surface area contributed by atoms with Crippen LogP contribution in [0.3, 0.4) is 0 Å². The van der Waals surface area contributed by atoms with Crippen molar-refractivity contribution in [2.45, 2.75) is 39.7 Å². The van der Waals surface area contributed by atoms with Crippen LogP contribution in [0.4, 0.5) is 10.5 Å². The van der Waals surface area contributed by atoms with E-state index >= 15 is 0 Å². The molecule has 120 valence electrons. The topological polar surface area (TPSA) is 70.2 Å². The third-order valence-corrected chi connectivity index (χ3v) is 3.64. The van der Waals surface area contributed by atoms with E-state index in [-0.39, 0.29) is 23.9 Å². The van der Waals surface area contributed by atoms with E-state index in [9.17, 15) is 9.59 Å². The number of hydrogen-bond donors (Lipinski definition) is 3. The highest BCUT2D eigenvalue weighted by Gasteiger charge is 2.29. The number of nitrogens with one attached hydrogen (secondary N) is 3. The molecule has 1 aromatic carbocycles. The van der Waals surface area contributed by atoms with Crippen molar-refractivity contribution in [2.75, 3.05) is 11.9 Å². The number of urea groups is 1. The molecule has 0 radical (unpaired) electrons. The van der Waals surface area contributed by atoms with Crippen molar-refractivity contribution in [3.05, 3.63) is 29.8 Å². The monoisotopic (exact) mass is 303 g/mol. The van der Waals surface area contributed by atoms with E-state index in [1.807, 2.05) is 31.2 Å². The van der Waals surface area contributed by atoms with Crippen LogP contribution in [0, 0.1) is 11.8 Å². The van der Waals surface area contributed by atoms with Crippen molar-refractivity contribution in [3.8, 4) is 0 Å². The number of hydrogen-bond acceptors (Lipinski definition) is 2. The Morgan fingerprint density at radius 3 is 2.32 bits per heavy atom. The van der Waals surface area contributed by atoms with Crippen LogP contribution in [-0.4, -0.2) is 18.5 Å². The molecular formula is C17H25N3O2. The van der Waals surface area contributed by atoms with E-state index in [0.29, 0.717) is 12.5 Å². The van der Waals surface area contributed by atoms with E-state index in [0.717, 1.165) is 24.1 Å². The molecule has 1 aliphatic rings. The van der Waals surface area contributed by atoms with Gasteiger partial charge in [-0.05, 0) is 43.4 Å². The number of anilines is 1. The van der Waals surface area contributed by atoms with Crippen molar-refractivity contribution in [2.24, 2.45) is 11.8 Å². The molecular weight excluding hydrogens is 278 g/mol. The number of rotatable bonds is 6. The van der Waals surface area contributed by atoms with Gasteiger partial charge in [0, 0.05) is 18.2 Å². The van der Waals surface area contributed by atoms with Gasteiger partial charge in [-0.25, -0.2) is 4.79 Å². The normalized spacial score (nSPS) is 15.3. The van der Waals surface area contributed by atoms with Gasteiger partial charge in [-0.1, -0.05) is 26.0 Å². The lowest BCUT2D eigenvalue weighted by atomic mass is 10.1. The fourth-order valence-electron chi connectivity index (χ4n) is 2.07. The lowest BCUT2D eigenvalue weighted by molar-refractivity contribution is -0.117. The average molecular weight is 303 g/mol. The number of carbonyl (C=O) groups is 2. The van der Waals surface area contributed by atoms with E-state index in [1.54, 1.807) is 0 Å². The largest absolute Gasteiger partial charge is 0.338 e. The van der Waals surface area contributed by atoms with Gasteiger partial charge in [0.2, 0.25) is 5.91 Å². The Kier molecular flexibility index (Phi) is 5.41. The minimum atomic E-state index is -0.160. The van der Waals surface area contributed by atoms with Gasteiger partial charge in [-0.2, -0.15) is 0 Å². The van der Waals surface area contributed by atoms with Crippen molar-refractivity contribution in [3.63, 3.8) is 0 Å². The Labute approximate surface area is 131 Å². The second kappa shape index (κ2) is 7.29. The van der Waals surface area contributed by atoms with Crippen LogP contribution < -0.4 is 16.0 Å². The highest BCUT2D eigenvalue weighted by atomic mass is 16.2. The molecule has 0 spiro atoms. The minimum Gasteiger partial charge on any atom is -0.338 e. The van der Waals surface area contributed by atoms with Gasteiger partial charge in [-0.15, -0.1) is 0 Å². The molecule has 3 N–H and O–H groups in total. The molecule has 0 aromatic heterocycles. The zero-order valence-electron chi connectivity index (χ0n) is 13.5. The Morgan fingerprint density at radius 1 is 1.14 bits per heavy atom.